The quantitative estimate of drug-likeness (QED) is 0.707. The lowest BCUT2D eigenvalue weighted by Gasteiger charge is -1.88. The molecule has 0 bridgehead atoms. The van der Waals surface area contributed by atoms with Crippen LogP contribution < -0.4 is 10.6 Å². The largest absolute Gasteiger partial charge is 0.361 e. The fourth-order valence-corrected chi connectivity index (χ4v) is 1.13. The Morgan fingerprint density at radius 1 is 1.54 bits per heavy atom. The number of nitrogens with one attached hydrogen (secondary N) is 1. The van der Waals surface area contributed by atoms with Gasteiger partial charge in [0.2, 0.25) is 0 Å². The molecule has 1 heterocycles. The second-order valence-corrected chi connectivity index (χ2v) is 3.17. The van der Waals surface area contributed by atoms with Crippen molar-refractivity contribution in [3.05, 3.63) is 34.5 Å². The molecular formula is C12H17N. The van der Waals surface area contributed by atoms with Crippen LogP contribution in [-0.2, 0) is 0 Å². The second kappa shape index (κ2) is 4.70. The maximum atomic E-state index is 3.20. The monoisotopic (exact) mass is 175 g/mol. The predicted octanol–water partition coefficient (Wildman–Crippen LogP) is 1.95. The van der Waals surface area contributed by atoms with E-state index in [2.05, 4.69) is 50.0 Å². The van der Waals surface area contributed by atoms with E-state index in [1.165, 1.54) is 16.1 Å². The van der Waals surface area contributed by atoms with Gasteiger partial charge in [0, 0.05) is 11.5 Å². The summed E-state index contributed by atoms with van der Waals surface area (Å²) >= 11 is 0. The Morgan fingerprint density at radius 3 is 2.92 bits per heavy atom. The molecule has 1 aromatic rings. The van der Waals surface area contributed by atoms with Gasteiger partial charge in [-0.3, -0.25) is 0 Å². The SMILES string of the molecule is CC=c1cc[nH]c1=CC=C(C)CC. The molecule has 0 unspecified atom stereocenters. The fraction of sp³-hybridized carbons (Fsp3) is 0.333. The lowest BCUT2D eigenvalue weighted by molar-refractivity contribution is 1.10. The number of allylic oxidation sites excluding steroid dienone is 2. The molecule has 0 fully saturated rings. The van der Waals surface area contributed by atoms with Crippen LogP contribution in [-0.4, -0.2) is 4.98 Å². The van der Waals surface area contributed by atoms with Crippen LogP contribution in [0, 0.1) is 0 Å². The molecule has 0 aliphatic carbocycles. The van der Waals surface area contributed by atoms with Crippen molar-refractivity contribution < 1.29 is 0 Å². The lowest BCUT2D eigenvalue weighted by atomic mass is 10.2. The van der Waals surface area contributed by atoms with Crippen LogP contribution in [0.25, 0.3) is 12.2 Å². The minimum absolute atomic E-state index is 1.11. The highest BCUT2D eigenvalue weighted by atomic mass is 14.6. The topological polar surface area (TPSA) is 15.8 Å². The van der Waals surface area contributed by atoms with E-state index in [9.17, 15) is 0 Å². The summed E-state index contributed by atoms with van der Waals surface area (Å²) in [5, 5.41) is 2.45. The summed E-state index contributed by atoms with van der Waals surface area (Å²) in [7, 11) is 0. The van der Waals surface area contributed by atoms with Gasteiger partial charge >= 0.3 is 0 Å². The molecule has 0 amide bonds. The van der Waals surface area contributed by atoms with Crippen LogP contribution in [0.3, 0.4) is 0 Å². The smallest absolute Gasteiger partial charge is 0.0450 e. The maximum absolute atomic E-state index is 3.20. The van der Waals surface area contributed by atoms with Crippen molar-refractivity contribution in [3.63, 3.8) is 0 Å². The van der Waals surface area contributed by atoms with Crippen LogP contribution in [0.15, 0.2) is 23.9 Å². The van der Waals surface area contributed by atoms with Gasteiger partial charge in [0.05, 0.1) is 0 Å². The van der Waals surface area contributed by atoms with Gasteiger partial charge in [0.1, 0.15) is 0 Å². The van der Waals surface area contributed by atoms with Gasteiger partial charge < -0.3 is 4.98 Å². The van der Waals surface area contributed by atoms with E-state index in [-0.39, 0.29) is 0 Å². The van der Waals surface area contributed by atoms with Gasteiger partial charge in [-0.15, -0.1) is 0 Å². The molecule has 0 aliphatic heterocycles. The summed E-state index contributed by atoms with van der Waals surface area (Å²) in [6.07, 6.45) is 9.49. The number of aromatic amines is 1. The molecule has 1 N–H and O–H groups in total. The van der Waals surface area contributed by atoms with Crippen LogP contribution in [0.5, 0.6) is 0 Å². The molecular weight excluding hydrogens is 158 g/mol. The molecule has 1 rings (SSSR count). The number of aromatic nitrogens is 1. The molecule has 0 spiro atoms. The maximum Gasteiger partial charge on any atom is 0.0450 e. The van der Waals surface area contributed by atoms with Crippen molar-refractivity contribution in [2.24, 2.45) is 0 Å². The zero-order chi connectivity index (χ0) is 9.68. The highest BCUT2D eigenvalue weighted by Gasteiger charge is 1.83. The number of hydrogen-bond acceptors (Lipinski definition) is 0. The Morgan fingerprint density at radius 2 is 2.31 bits per heavy atom. The molecule has 0 saturated carbocycles. The summed E-state index contributed by atoms with van der Waals surface area (Å²) in [6.45, 7) is 6.37. The summed E-state index contributed by atoms with van der Waals surface area (Å²) in [6, 6.07) is 2.08. The van der Waals surface area contributed by atoms with Gasteiger partial charge in [-0.25, -0.2) is 0 Å². The number of rotatable bonds is 2. The fourth-order valence-electron chi connectivity index (χ4n) is 1.13. The minimum atomic E-state index is 1.11. The second-order valence-electron chi connectivity index (χ2n) is 3.17. The van der Waals surface area contributed by atoms with E-state index in [1.807, 2.05) is 6.20 Å². The highest BCUT2D eigenvalue weighted by molar-refractivity contribution is 5.38. The molecule has 0 aromatic carbocycles. The molecule has 1 aromatic heterocycles. The standard InChI is InChI=1S/C12H17N/c1-4-10(3)6-7-12-11(5-2)8-9-13-12/h5-9,13H,4H2,1-3H3. The predicted molar refractivity (Wildman–Crippen MR) is 58.7 cm³/mol. The Kier molecular flexibility index (Phi) is 3.56. The van der Waals surface area contributed by atoms with E-state index in [0.29, 0.717) is 0 Å². The van der Waals surface area contributed by atoms with E-state index in [0.717, 1.165) is 6.42 Å². The third-order valence-corrected chi connectivity index (χ3v) is 2.22. The van der Waals surface area contributed by atoms with Crippen molar-refractivity contribution in [1.82, 2.24) is 4.98 Å². The van der Waals surface area contributed by atoms with E-state index in [4.69, 9.17) is 0 Å². The normalized spacial score (nSPS) is 15.5. The van der Waals surface area contributed by atoms with Crippen molar-refractivity contribution in [2.45, 2.75) is 27.2 Å². The molecule has 0 aliphatic rings. The number of H-pyrrole nitrogens is 1. The zero-order valence-corrected chi connectivity index (χ0v) is 8.59. The lowest BCUT2D eigenvalue weighted by Crippen LogP contribution is -2.20. The average Bonchev–Trinajstić information content (AvgIpc) is 2.61. The molecule has 0 saturated heterocycles. The third-order valence-electron chi connectivity index (χ3n) is 2.22. The molecule has 0 atom stereocenters. The minimum Gasteiger partial charge on any atom is -0.361 e. The molecule has 13 heavy (non-hydrogen) atoms. The van der Waals surface area contributed by atoms with Crippen LogP contribution >= 0.6 is 0 Å². The third kappa shape index (κ3) is 2.62. The first kappa shape index (κ1) is 9.85. The molecule has 1 heteroatoms. The average molecular weight is 175 g/mol. The van der Waals surface area contributed by atoms with E-state index in [1.54, 1.807) is 0 Å². The van der Waals surface area contributed by atoms with E-state index >= 15 is 0 Å². The first-order valence-electron chi connectivity index (χ1n) is 4.75. The first-order valence-corrected chi connectivity index (χ1v) is 4.75. The first-order chi connectivity index (χ1) is 6.27. The Labute approximate surface area is 79.5 Å². The highest BCUT2D eigenvalue weighted by Crippen LogP contribution is 1.96. The molecule has 0 radical (unpaired) electrons. The summed E-state index contributed by atoms with van der Waals surface area (Å²) in [5.41, 5.74) is 1.40. The summed E-state index contributed by atoms with van der Waals surface area (Å²) in [5.74, 6) is 0. The summed E-state index contributed by atoms with van der Waals surface area (Å²) in [4.78, 5) is 3.20. The number of hydrogen-bond donors (Lipinski definition) is 1. The van der Waals surface area contributed by atoms with Gasteiger partial charge in [-0.2, -0.15) is 0 Å². The zero-order valence-electron chi connectivity index (χ0n) is 8.59. The Bertz CT molecular complexity index is 393. The van der Waals surface area contributed by atoms with Gasteiger partial charge in [-0.05, 0) is 37.6 Å². The summed E-state index contributed by atoms with van der Waals surface area (Å²) < 4.78 is 0. The Hall–Kier alpha value is -1.24. The molecule has 70 valence electrons. The van der Waals surface area contributed by atoms with Gasteiger partial charge in [-0.1, -0.05) is 24.6 Å². The van der Waals surface area contributed by atoms with Gasteiger partial charge in [0.25, 0.3) is 0 Å². The van der Waals surface area contributed by atoms with E-state index < -0.39 is 0 Å². The van der Waals surface area contributed by atoms with Gasteiger partial charge in [0.15, 0.2) is 0 Å². The van der Waals surface area contributed by atoms with Crippen molar-refractivity contribution in [2.75, 3.05) is 0 Å². The van der Waals surface area contributed by atoms with Crippen molar-refractivity contribution >= 4 is 12.2 Å². The van der Waals surface area contributed by atoms with Crippen LogP contribution in [0.2, 0.25) is 0 Å². The van der Waals surface area contributed by atoms with Crippen molar-refractivity contribution in [3.8, 4) is 0 Å². The van der Waals surface area contributed by atoms with Crippen LogP contribution in [0.4, 0.5) is 0 Å². The molecule has 1 nitrogen and oxygen atoms in total. The Balaban J connectivity index is 3.08. The van der Waals surface area contributed by atoms with Crippen molar-refractivity contribution in [1.29, 1.82) is 0 Å². The van der Waals surface area contributed by atoms with Crippen LogP contribution in [0.1, 0.15) is 27.2 Å².